The van der Waals surface area contributed by atoms with Crippen LogP contribution in [-0.2, 0) is 9.59 Å². The second kappa shape index (κ2) is 7.47. The van der Waals surface area contributed by atoms with Crippen LogP contribution in [0.5, 0.6) is 0 Å². The number of carbonyl (C=O) groups is 2. The van der Waals surface area contributed by atoms with Gasteiger partial charge in [0.25, 0.3) is 0 Å². The van der Waals surface area contributed by atoms with Gasteiger partial charge in [-0.15, -0.1) is 0 Å². The van der Waals surface area contributed by atoms with Gasteiger partial charge in [0.1, 0.15) is 5.41 Å². The van der Waals surface area contributed by atoms with Crippen molar-refractivity contribution in [2.24, 2.45) is 17.1 Å². The van der Waals surface area contributed by atoms with Crippen LogP contribution in [0.2, 0.25) is 0 Å². The molecule has 23 heavy (non-hydrogen) atoms. The third-order valence-corrected chi connectivity index (χ3v) is 5.15. The first-order valence-corrected chi connectivity index (χ1v) is 8.85. The molecule has 2 atom stereocenters. The van der Waals surface area contributed by atoms with Gasteiger partial charge < -0.3 is 16.0 Å². The summed E-state index contributed by atoms with van der Waals surface area (Å²) in [4.78, 5) is 26.4. The van der Waals surface area contributed by atoms with E-state index >= 15 is 0 Å². The first-order valence-electron chi connectivity index (χ1n) is 8.85. The molecule has 5 nitrogen and oxygen atoms in total. The lowest BCUT2D eigenvalue weighted by molar-refractivity contribution is -0.135. The zero-order chi connectivity index (χ0) is 17.0. The topological polar surface area (TPSA) is 75.4 Å². The third kappa shape index (κ3) is 4.34. The molecule has 0 aromatic carbocycles. The monoisotopic (exact) mass is 321 g/mol. The Hall–Kier alpha value is -1.36. The number of allylic oxidation sites excluding steroid dienone is 1. The van der Waals surface area contributed by atoms with Crippen LogP contribution in [0.15, 0.2) is 11.6 Å². The number of nitrogens with zero attached hydrogens (tertiary/aromatic N) is 1. The van der Waals surface area contributed by atoms with Gasteiger partial charge in [-0.1, -0.05) is 25.0 Å². The first kappa shape index (κ1) is 18.0. The van der Waals surface area contributed by atoms with E-state index in [-0.39, 0.29) is 11.9 Å². The van der Waals surface area contributed by atoms with Crippen molar-refractivity contribution in [3.63, 3.8) is 0 Å². The van der Waals surface area contributed by atoms with Crippen LogP contribution < -0.4 is 11.1 Å². The molecular weight excluding hydrogens is 290 g/mol. The standard InChI is InChI=1S/C18H31N3O2/c1-4-6-14-11-21(10-5-7-13(2)3)12-15(14)20-17(23)18(8-9-18)16(19)22/h7,14-15H,4-6,8-12H2,1-3H3,(H2,19,22)(H,20,23)/t14-,15-/m0/s1. The molecule has 1 heterocycles. The van der Waals surface area contributed by atoms with Crippen molar-refractivity contribution in [1.29, 1.82) is 0 Å². The highest BCUT2D eigenvalue weighted by atomic mass is 16.2. The summed E-state index contributed by atoms with van der Waals surface area (Å²) in [5.74, 6) is -0.151. The molecule has 1 saturated carbocycles. The van der Waals surface area contributed by atoms with Crippen molar-refractivity contribution < 1.29 is 9.59 Å². The Balaban J connectivity index is 1.92. The molecule has 5 heteroatoms. The molecule has 0 aromatic rings. The predicted octanol–water partition coefficient (Wildman–Crippen LogP) is 1.82. The van der Waals surface area contributed by atoms with E-state index in [4.69, 9.17) is 5.73 Å². The number of primary amides is 1. The molecule has 2 amide bonds. The molecular formula is C18H31N3O2. The highest BCUT2D eigenvalue weighted by molar-refractivity contribution is 6.07. The van der Waals surface area contributed by atoms with Crippen molar-refractivity contribution >= 4 is 11.8 Å². The highest BCUT2D eigenvalue weighted by Crippen LogP contribution is 2.45. The fourth-order valence-corrected chi connectivity index (χ4v) is 3.52. The lowest BCUT2D eigenvalue weighted by Gasteiger charge is -2.22. The maximum Gasteiger partial charge on any atom is 0.235 e. The molecule has 0 aromatic heterocycles. The number of carbonyl (C=O) groups excluding carboxylic acids is 2. The lowest BCUT2D eigenvalue weighted by atomic mass is 9.96. The van der Waals surface area contributed by atoms with E-state index in [9.17, 15) is 9.59 Å². The molecule has 0 spiro atoms. The van der Waals surface area contributed by atoms with Gasteiger partial charge in [0, 0.05) is 25.7 Å². The summed E-state index contributed by atoms with van der Waals surface area (Å²) < 4.78 is 0. The molecule has 2 rings (SSSR count). The Kier molecular flexibility index (Phi) is 5.84. The van der Waals surface area contributed by atoms with E-state index in [0.29, 0.717) is 18.8 Å². The molecule has 1 saturated heterocycles. The van der Waals surface area contributed by atoms with Gasteiger partial charge >= 0.3 is 0 Å². The van der Waals surface area contributed by atoms with E-state index in [1.54, 1.807) is 0 Å². The summed E-state index contributed by atoms with van der Waals surface area (Å²) in [5, 5.41) is 3.13. The van der Waals surface area contributed by atoms with E-state index in [0.717, 1.165) is 38.9 Å². The zero-order valence-corrected chi connectivity index (χ0v) is 14.7. The highest BCUT2D eigenvalue weighted by Gasteiger charge is 2.56. The molecule has 1 aliphatic heterocycles. The van der Waals surface area contributed by atoms with Crippen molar-refractivity contribution in [3.8, 4) is 0 Å². The number of likely N-dealkylation sites (tertiary alicyclic amines) is 1. The van der Waals surface area contributed by atoms with Gasteiger partial charge in [0.2, 0.25) is 11.8 Å². The molecule has 0 radical (unpaired) electrons. The Morgan fingerprint density at radius 2 is 2.00 bits per heavy atom. The SMILES string of the molecule is CCC[C@H]1CN(CCC=C(C)C)C[C@@H]1NC(=O)C1(C(N)=O)CC1. The van der Waals surface area contributed by atoms with Crippen molar-refractivity contribution in [2.75, 3.05) is 19.6 Å². The van der Waals surface area contributed by atoms with Gasteiger partial charge in [-0.25, -0.2) is 0 Å². The summed E-state index contributed by atoms with van der Waals surface area (Å²) in [6, 6.07) is 0.144. The molecule has 2 aliphatic rings. The van der Waals surface area contributed by atoms with Crippen LogP contribution in [0, 0.1) is 11.3 Å². The second-order valence-corrected chi connectivity index (χ2v) is 7.40. The average Bonchev–Trinajstić information content (AvgIpc) is 3.20. The Morgan fingerprint density at radius 1 is 1.30 bits per heavy atom. The number of hydrogen-bond donors (Lipinski definition) is 2. The summed E-state index contributed by atoms with van der Waals surface area (Å²) in [6.07, 6.45) is 6.72. The van der Waals surface area contributed by atoms with E-state index in [1.807, 2.05) is 0 Å². The normalized spacial score (nSPS) is 25.9. The Bertz CT molecular complexity index is 479. The van der Waals surface area contributed by atoms with Gasteiger partial charge in [0.15, 0.2) is 0 Å². The van der Waals surface area contributed by atoms with E-state index in [2.05, 4.69) is 37.1 Å². The third-order valence-electron chi connectivity index (χ3n) is 5.15. The fraction of sp³-hybridized carbons (Fsp3) is 0.778. The number of hydrogen-bond acceptors (Lipinski definition) is 3. The van der Waals surface area contributed by atoms with Crippen molar-refractivity contribution in [2.45, 2.75) is 58.9 Å². The molecule has 130 valence electrons. The van der Waals surface area contributed by atoms with Crippen LogP contribution in [-0.4, -0.2) is 42.4 Å². The van der Waals surface area contributed by atoms with Crippen LogP contribution in [0.3, 0.4) is 0 Å². The quantitative estimate of drug-likeness (QED) is 0.529. The molecule has 2 fully saturated rings. The smallest absolute Gasteiger partial charge is 0.235 e. The van der Waals surface area contributed by atoms with Gasteiger partial charge in [0.05, 0.1) is 0 Å². The van der Waals surface area contributed by atoms with Crippen molar-refractivity contribution in [1.82, 2.24) is 10.2 Å². The summed E-state index contributed by atoms with van der Waals surface area (Å²) >= 11 is 0. The zero-order valence-electron chi connectivity index (χ0n) is 14.7. The van der Waals surface area contributed by atoms with Gasteiger partial charge in [-0.3, -0.25) is 9.59 Å². The minimum absolute atomic E-state index is 0.144. The minimum Gasteiger partial charge on any atom is -0.369 e. The molecule has 3 N–H and O–H groups in total. The Labute approximate surface area is 139 Å². The predicted molar refractivity (Wildman–Crippen MR) is 91.7 cm³/mol. The molecule has 0 unspecified atom stereocenters. The van der Waals surface area contributed by atoms with Crippen molar-refractivity contribution in [3.05, 3.63) is 11.6 Å². The maximum atomic E-state index is 12.4. The summed E-state index contributed by atoms with van der Waals surface area (Å²) in [6.45, 7) is 9.34. The first-order chi connectivity index (χ1) is 10.9. The molecule has 0 bridgehead atoms. The summed E-state index contributed by atoms with van der Waals surface area (Å²) in [7, 11) is 0. The van der Waals surface area contributed by atoms with Gasteiger partial charge in [-0.05, 0) is 45.4 Å². The van der Waals surface area contributed by atoms with Crippen LogP contribution >= 0.6 is 0 Å². The number of nitrogens with two attached hydrogens (primary N) is 1. The van der Waals surface area contributed by atoms with Crippen LogP contribution in [0.4, 0.5) is 0 Å². The largest absolute Gasteiger partial charge is 0.369 e. The lowest BCUT2D eigenvalue weighted by Crippen LogP contribution is -2.47. The fourth-order valence-electron chi connectivity index (χ4n) is 3.52. The van der Waals surface area contributed by atoms with Crippen LogP contribution in [0.1, 0.15) is 52.9 Å². The second-order valence-electron chi connectivity index (χ2n) is 7.40. The molecule has 1 aliphatic carbocycles. The average molecular weight is 321 g/mol. The Morgan fingerprint density at radius 3 is 2.52 bits per heavy atom. The van der Waals surface area contributed by atoms with E-state index < -0.39 is 11.3 Å². The number of amides is 2. The summed E-state index contributed by atoms with van der Waals surface area (Å²) in [5.41, 5.74) is 5.84. The minimum atomic E-state index is -0.910. The van der Waals surface area contributed by atoms with E-state index in [1.165, 1.54) is 5.57 Å². The van der Waals surface area contributed by atoms with Crippen LogP contribution in [0.25, 0.3) is 0 Å². The number of rotatable bonds is 8. The number of nitrogens with one attached hydrogen (secondary N) is 1. The maximum absolute atomic E-state index is 12.4. The van der Waals surface area contributed by atoms with Gasteiger partial charge in [-0.2, -0.15) is 0 Å².